The Hall–Kier alpha value is -2.63. The second kappa shape index (κ2) is 8.05. The fourth-order valence-electron chi connectivity index (χ4n) is 3.76. The van der Waals surface area contributed by atoms with Crippen LogP contribution in [0.3, 0.4) is 0 Å². The molecular weight excluding hydrogens is 468 g/mol. The summed E-state index contributed by atoms with van der Waals surface area (Å²) in [6, 6.07) is 8.90. The first-order valence-electron chi connectivity index (χ1n) is 9.99. The highest BCUT2D eigenvalue weighted by Crippen LogP contribution is 2.40. The zero-order valence-electron chi connectivity index (χ0n) is 17.9. The van der Waals surface area contributed by atoms with Gasteiger partial charge in [0.25, 0.3) is 0 Å². The lowest BCUT2D eigenvalue weighted by Crippen LogP contribution is -2.46. The summed E-state index contributed by atoms with van der Waals surface area (Å²) >= 11 is 3.14. The van der Waals surface area contributed by atoms with Crippen molar-refractivity contribution in [3.8, 4) is 11.5 Å². The normalized spacial score (nSPS) is 15.0. The Morgan fingerprint density at radius 2 is 1.50 bits per heavy atom. The maximum atomic E-state index is 11.8. The fraction of sp³-hybridized carbons (Fsp3) is 0.333. The molecule has 5 rings (SSSR count). The van der Waals surface area contributed by atoms with Gasteiger partial charge in [-0.1, -0.05) is 22.7 Å². The van der Waals surface area contributed by atoms with E-state index in [0.717, 1.165) is 68.4 Å². The van der Waals surface area contributed by atoms with E-state index in [2.05, 4.69) is 9.80 Å². The Morgan fingerprint density at radius 3 is 2.12 bits per heavy atom. The van der Waals surface area contributed by atoms with Gasteiger partial charge in [-0.05, 0) is 30.3 Å². The van der Waals surface area contributed by atoms with Crippen LogP contribution in [0.5, 0.6) is 11.5 Å². The molecule has 0 aliphatic carbocycles. The molecule has 1 aliphatic rings. The number of methoxy groups -OCH3 is 2. The lowest BCUT2D eigenvalue weighted by molar-refractivity contribution is 0.410. The standard InChI is InChI=1S/C21H22N4O4S3/c1-28-15-6-7-16(29-2)19-18(15)23-21(31-19)25-10-8-24(9-11-25)20-22-14-5-4-13(32(3,26)27)12-17(14)30-20/h4-7,12H,8-11H2,1-3H3. The third-order valence-corrected chi connectivity index (χ3v) is 8.82. The van der Waals surface area contributed by atoms with E-state index in [-0.39, 0.29) is 0 Å². The van der Waals surface area contributed by atoms with E-state index in [0.29, 0.717) is 4.90 Å². The number of fused-ring (bicyclic) bond motifs is 2. The van der Waals surface area contributed by atoms with Crippen LogP contribution >= 0.6 is 22.7 Å². The van der Waals surface area contributed by atoms with Gasteiger partial charge in [-0.3, -0.25) is 0 Å². The zero-order valence-corrected chi connectivity index (χ0v) is 20.3. The SMILES string of the molecule is COc1ccc(OC)c2sc(N3CCN(c4nc5ccc(S(C)(=O)=O)cc5s4)CC3)nc12. The second-order valence-electron chi connectivity index (χ2n) is 7.52. The minimum absolute atomic E-state index is 0.326. The molecule has 8 nitrogen and oxygen atoms in total. The molecule has 32 heavy (non-hydrogen) atoms. The molecule has 0 bridgehead atoms. The molecule has 0 amide bonds. The van der Waals surface area contributed by atoms with E-state index in [4.69, 9.17) is 19.4 Å². The average molecular weight is 491 g/mol. The number of sulfone groups is 1. The van der Waals surface area contributed by atoms with E-state index >= 15 is 0 Å². The summed E-state index contributed by atoms with van der Waals surface area (Å²) in [5.74, 6) is 1.54. The van der Waals surface area contributed by atoms with Gasteiger partial charge >= 0.3 is 0 Å². The maximum absolute atomic E-state index is 11.8. The summed E-state index contributed by atoms with van der Waals surface area (Å²) in [7, 11) is 0.0775. The lowest BCUT2D eigenvalue weighted by Gasteiger charge is -2.34. The molecule has 0 spiro atoms. The second-order valence-corrected chi connectivity index (χ2v) is 11.5. The molecule has 0 radical (unpaired) electrons. The number of hydrogen-bond acceptors (Lipinski definition) is 10. The fourth-order valence-corrected chi connectivity index (χ4v) is 6.66. The number of thiazole rings is 2. The van der Waals surface area contributed by atoms with Crippen LogP contribution in [0.2, 0.25) is 0 Å². The molecule has 0 N–H and O–H groups in total. The Kier molecular flexibility index (Phi) is 5.34. The van der Waals surface area contributed by atoms with Crippen LogP contribution < -0.4 is 19.3 Å². The van der Waals surface area contributed by atoms with Crippen molar-refractivity contribution in [2.75, 3.05) is 56.5 Å². The van der Waals surface area contributed by atoms with Gasteiger partial charge in [-0.25, -0.2) is 18.4 Å². The van der Waals surface area contributed by atoms with Gasteiger partial charge in [0.15, 0.2) is 20.1 Å². The predicted octanol–water partition coefficient (Wildman–Crippen LogP) is 3.65. The molecule has 11 heteroatoms. The van der Waals surface area contributed by atoms with Crippen molar-refractivity contribution in [1.82, 2.24) is 9.97 Å². The molecule has 0 saturated carbocycles. The highest BCUT2D eigenvalue weighted by molar-refractivity contribution is 7.90. The minimum atomic E-state index is -3.23. The van der Waals surface area contributed by atoms with Crippen molar-refractivity contribution in [2.45, 2.75) is 4.90 Å². The van der Waals surface area contributed by atoms with Crippen molar-refractivity contribution in [2.24, 2.45) is 0 Å². The van der Waals surface area contributed by atoms with Crippen molar-refractivity contribution < 1.29 is 17.9 Å². The average Bonchev–Trinajstić information content (AvgIpc) is 3.42. The van der Waals surface area contributed by atoms with Gasteiger partial charge in [-0.2, -0.15) is 0 Å². The third-order valence-electron chi connectivity index (χ3n) is 5.50. The Bertz CT molecular complexity index is 1360. The third kappa shape index (κ3) is 3.74. The highest BCUT2D eigenvalue weighted by atomic mass is 32.2. The summed E-state index contributed by atoms with van der Waals surface area (Å²) in [5.41, 5.74) is 1.65. The van der Waals surface area contributed by atoms with Crippen molar-refractivity contribution in [3.63, 3.8) is 0 Å². The van der Waals surface area contributed by atoms with Crippen LogP contribution in [0.15, 0.2) is 35.2 Å². The molecule has 1 saturated heterocycles. The van der Waals surface area contributed by atoms with Crippen molar-refractivity contribution in [1.29, 1.82) is 0 Å². The van der Waals surface area contributed by atoms with Crippen LogP contribution in [0.4, 0.5) is 10.3 Å². The van der Waals surface area contributed by atoms with Gasteiger partial charge in [0, 0.05) is 32.4 Å². The molecule has 0 unspecified atom stereocenters. The van der Waals surface area contributed by atoms with Crippen LogP contribution in [-0.2, 0) is 9.84 Å². The predicted molar refractivity (Wildman–Crippen MR) is 130 cm³/mol. The highest BCUT2D eigenvalue weighted by Gasteiger charge is 2.24. The molecule has 2 aromatic heterocycles. The number of anilines is 2. The van der Waals surface area contributed by atoms with Crippen LogP contribution in [0.25, 0.3) is 20.4 Å². The first-order chi connectivity index (χ1) is 15.4. The largest absolute Gasteiger partial charge is 0.495 e. The number of hydrogen-bond donors (Lipinski definition) is 0. The van der Waals surface area contributed by atoms with Gasteiger partial charge in [0.05, 0.1) is 29.3 Å². The Labute approximate surface area is 193 Å². The molecule has 2 aromatic carbocycles. The number of nitrogens with zero attached hydrogens (tertiary/aromatic N) is 4. The molecule has 1 aliphatic heterocycles. The monoisotopic (exact) mass is 490 g/mol. The summed E-state index contributed by atoms with van der Waals surface area (Å²) in [5, 5.41) is 1.86. The topological polar surface area (TPSA) is 84.9 Å². The van der Waals surface area contributed by atoms with E-state index in [1.165, 1.54) is 17.6 Å². The van der Waals surface area contributed by atoms with Crippen LogP contribution in [-0.4, -0.2) is 65.0 Å². The molecule has 168 valence electrons. The van der Waals surface area contributed by atoms with E-state index < -0.39 is 9.84 Å². The zero-order chi connectivity index (χ0) is 22.5. The quantitative estimate of drug-likeness (QED) is 0.419. The molecule has 0 atom stereocenters. The summed E-state index contributed by atoms with van der Waals surface area (Å²) in [6.45, 7) is 3.25. The summed E-state index contributed by atoms with van der Waals surface area (Å²) in [6.07, 6.45) is 1.22. The summed E-state index contributed by atoms with van der Waals surface area (Å²) in [4.78, 5) is 14.4. The van der Waals surface area contributed by atoms with E-state index in [1.54, 1.807) is 43.8 Å². The van der Waals surface area contributed by atoms with Gasteiger partial charge in [0.2, 0.25) is 0 Å². The van der Waals surface area contributed by atoms with E-state index in [1.807, 2.05) is 12.1 Å². The van der Waals surface area contributed by atoms with E-state index in [9.17, 15) is 8.42 Å². The van der Waals surface area contributed by atoms with Crippen molar-refractivity contribution >= 4 is 63.2 Å². The maximum Gasteiger partial charge on any atom is 0.186 e. The number of ether oxygens (including phenoxy) is 2. The van der Waals surface area contributed by atoms with Crippen LogP contribution in [0.1, 0.15) is 0 Å². The van der Waals surface area contributed by atoms with Crippen molar-refractivity contribution in [3.05, 3.63) is 30.3 Å². The molecular formula is C21H22N4O4S3. The first kappa shape index (κ1) is 21.2. The number of rotatable bonds is 5. The Morgan fingerprint density at radius 1 is 0.875 bits per heavy atom. The first-order valence-corrected chi connectivity index (χ1v) is 13.5. The lowest BCUT2D eigenvalue weighted by atomic mass is 10.3. The smallest absolute Gasteiger partial charge is 0.186 e. The van der Waals surface area contributed by atoms with Gasteiger partial charge < -0.3 is 19.3 Å². The number of aromatic nitrogens is 2. The number of benzene rings is 2. The molecule has 1 fully saturated rings. The van der Waals surface area contributed by atoms with Gasteiger partial charge in [-0.15, -0.1) is 0 Å². The number of piperazine rings is 1. The Balaban J connectivity index is 1.36. The summed E-state index contributed by atoms with van der Waals surface area (Å²) < 4.78 is 36.5. The minimum Gasteiger partial charge on any atom is -0.495 e. The molecule has 4 aromatic rings. The van der Waals surface area contributed by atoms with Crippen LogP contribution in [0, 0.1) is 0 Å². The van der Waals surface area contributed by atoms with Gasteiger partial charge in [0.1, 0.15) is 21.7 Å². The molecule has 3 heterocycles.